The van der Waals surface area contributed by atoms with E-state index in [9.17, 15) is 9.59 Å². The maximum atomic E-state index is 12.1. The van der Waals surface area contributed by atoms with Crippen molar-refractivity contribution in [3.63, 3.8) is 0 Å². The molecule has 1 fully saturated rings. The third-order valence-corrected chi connectivity index (χ3v) is 2.90. The fourth-order valence-corrected chi connectivity index (χ4v) is 1.88. The van der Waals surface area contributed by atoms with Crippen molar-refractivity contribution in [1.29, 1.82) is 0 Å². The highest BCUT2D eigenvalue weighted by Crippen LogP contribution is 2.35. The molecule has 0 aromatic rings. The highest BCUT2D eigenvalue weighted by atomic mass is 16.5. The van der Waals surface area contributed by atoms with Gasteiger partial charge in [0.25, 0.3) is 0 Å². The number of nitrogens with zero attached hydrogens (tertiary/aromatic N) is 1. The van der Waals surface area contributed by atoms with E-state index >= 15 is 0 Å². The Balaban J connectivity index is 2.48. The van der Waals surface area contributed by atoms with Crippen LogP contribution in [0.1, 0.15) is 33.6 Å². The molecule has 0 heterocycles. The molecule has 0 spiro atoms. The summed E-state index contributed by atoms with van der Waals surface area (Å²) in [6, 6.07) is 0.0322. The van der Waals surface area contributed by atoms with Crippen LogP contribution in [0, 0.1) is 5.92 Å². The second-order valence-electron chi connectivity index (χ2n) is 4.61. The first kappa shape index (κ1) is 14.0. The average Bonchev–Trinajstić information content (AvgIpc) is 2.96. The quantitative estimate of drug-likeness (QED) is 0.727. The van der Waals surface area contributed by atoms with Crippen molar-refractivity contribution in [2.45, 2.75) is 45.8 Å². The molecule has 0 radical (unpaired) electrons. The second kappa shape index (κ2) is 6.00. The van der Waals surface area contributed by atoms with E-state index in [1.54, 1.807) is 4.90 Å². The van der Waals surface area contributed by atoms with E-state index in [-0.39, 0.29) is 36.9 Å². The van der Waals surface area contributed by atoms with Crippen molar-refractivity contribution in [2.75, 3.05) is 13.2 Å². The number of rotatable bonds is 7. The van der Waals surface area contributed by atoms with Crippen LogP contribution in [0.4, 0.5) is 0 Å². The summed E-state index contributed by atoms with van der Waals surface area (Å²) in [7, 11) is 0. The van der Waals surface area contributed by atoms with Crippen molar-refractivity contribution in [3.8, 4) is 0 Å². The van der Waals surface area contributed by atoms with Crippen LogP contribution < -0.4 is 0 Å². The molecular formula is C12H21NO4. The minimum atomic E-state index is -0.874. The van der Waals surface area contributed by atoms with Crippen LogP contribution in [0.25, 0.3) is 0 Å². The molecule has 1 amide bonds. The zero-order valence-electron chi connectivity index (χ0n) is 10.7. The number of carboxylic acid groups (broad SMARTS) is 1. The van der Waals surface area contributed by atoms with Crippen LogP contribution in [0.3, 0.4) is 0 Å². The molecule has 1 aliphatic carbocycles. The number of amides is 1. The zero-order valence-corrected chi connectivity index (χ0v) is 10.7. The predicted molar refractivity (Wildman–Crippen MR) is 62.6 cm³/mol. The van der Waals surface area contributed by atoms with Crippen LogP contribution in [-0.4, -0.2) is 47.2 Å². The van der Waals surface area contributed by atoms with Gasteiger partial charge in [-0.3, -0.25) is 9.59 Å². The van der Waals surface area contributed by atoms with Crippen molar-refractivity contribution < 1.29 is 19.4 Å². The van der Waals surface area contributed by atoms with Gasteiger partial charge in [0.2, 0.25) is 5.91 Å². The molecule has 0 bridgehead atoms. The predicted octanol–water partition coefficient (Wildman–Crippen LogP) is 1.12. The monoisotopic (exact) mass is 243 g/mol. The molecule has 5 nitrogen and oxygen atoms in total. The van der Waals surface area contributed by atoms with Crippen molar-refractivity contribution in [2.24, 2.45) is 5.92 Å². The minimum Gasteiger partial charge on any atom is -0.481 e. The number of hydrogen-bond acceptors (Lipinski definition) is 3. The van der Waals surface area contributed by atoms with E-state index in [4.69, 9.17) is 9.84 Å². The van der Waals surface area contributed by atoms with Crippen molar-refractivity contribution >= 4 is 11.9 Å². The largest absolute Gasteiger partial charge is 0.481 e. The van der Waals surface area contributed by atoms with Crippen LogP contribution in [-0.2, 0) is 14.3 Å². The first-order valence-electron chi connectivity index (χ1n) is 6.11. The topological polar surface area (TPSA) is 66.8 Å². The van der Waals surface area contributed by atoms with Crippen LogP contribution >= 0.6 is 0 Å². The molecule has 0 aliphatic heterocycles. The standard InChI is InChI=1S/C12H21NO4/c1-4-17-10-7-9(10)12(16)13(8(2)3)6-5-11(14)15/h8-10H,4-7H2,1-3H3,(H,14,15). The van der Waals surface area contributed by atoms with Crippen LogP contribution in [0.15, 0.2) is 0 Å². The van der Waals surface area contributed by atoms with E-state index in [1.165, 1.54) is 0 Å². The van der Waals surface area contributed by atoms with Gasteiger partial charge >= 0.3 is 5.97 Å². The Bertz CT molecular complexity index is 290. The van der Waals surface area contributed by atoms with E-state index in [0.29, 0.717) is 6.61 Å². The number of carbonyl (C=O) groups excluding carboxylic acids is 1. The lowest BCUT2D eigenvalue weighted by molar-refractivity contribution is -0.139. The van der Waals surface area contributed by atoms with E-state index in [0.717, 1.165) is 6.42 Å². The Morgan fingerprint density at radius 3 is 2.59 bits per heavy atom. The molecular weight excluding hydrogens is 222 g/mol. The van der Waals surface area contributed by atoms with Crippen LogP contribution in [0.2, 0.25) is 0 Å². The summed E-state index contributed by atoms with van der Waals surface area (Å²) in [5, 5.41) is 8.65. The summed E-state index contributed by atoms with van der Waals surface area (Å²) in [5.74, 6) is -0.911. The maximum absolute atomic E-state index is 12.1. The number of hydrogen-bond donors (Lipinski definition) is 1. The van der Waals surface area contributed by atoms with Crippen molar-refractivity contribution in [1.82, 2.24) is 4.90 Å². The van der Waals surface area contributed by atoms with E-state index < -0.39 is 5.97 Å². The number of carbonyl (C=O) groups is 2. The molecule has 1 rings (SSSR count). The number of carboxylic acids is 1. The molecule has 1 aliphatic rings. The summed E-state index contributed by atoms with van der Waals surface area (Å²) in [4.78, 5) is 24.3. The van der Waals surface area contributed by atoms with Gasteiger partial charge in [0.15, 0.2) is 0 Å². The summed E-state index contributed by atoms with van der Waals surface area (Å²) in [6.45, 7) is 6.60. The first-order chi connectivity index (χ1) is 7.97. The van der Waals surface area contributed by atoms with E-state index in [2.05, 4.69) is 0 Å². The molecule has 0 saturated heterocycles. The third-order valence-electron chi connectivity index (χ3n) is 2.90. The molecule has 5 heteroatoms. The fraction of sp³-hybridized carbons (Fsp3) is 0.833. The molecule has 1 saturated carbocycles. The minimum absolute atomic E-state index is 0.00403. The van der Waals surface area contributed by atoms with Crippen molar-refractivity contribution in [3.05, 3.63) is 0 Å². The SMILES string of the molecule is CCOC1CC1C(=O)N(CCC(=O)O)C(C)C. The Morgan fingerprint density at radius 1 is 1.47 bits per heavy atom. The van der Waals surface area contributed by atoms with Gasteiger partial charge in [-0.05, 0) is 27.2 Å². The van der Waals surface area contributed by atoms with Gasteiger partial charge < -0.3 is 14.7 Å². The summed E-state index contributed by atoms with van der Waals surface area (Å²) < 4.78 is 5.38. The normalized spacial score (nSPS) is 22.6. The van der Waals surface area contributed by atoms with Gasteiger partial charge in [0.05, 0.1) is 18.4 Å². The molecule has 17 heavy (non-hydrogen) atoms. The third kappa shape index (κ3) is 4.00. The Kier molecular flexibility index (Phi) is 4.93. The summed E-state index contributed by atoms with van der Waals surface area (Å²) in [5.41, 5.74) is 0. The maximum Gasteiger partial charge on any atom is 0.305 e. The number of ether oxygens (including phenoxy) is 1. The molecule has 98 valence electrons. The fourth-order valence-electron chi connectivity index (χ4n) is 1.88. The lowest BCUT2D eigenvalue weighted by Crippen LogP contribution is -2.40. The Hall–Kier alpha value is -1.10. The highest BCUT2D eigenvalue weighted by molar-refractivity contribution is 5.83. The van der Waals surface area contributed by atoms with E-state index in [1.807, 2.05) is 20.8 Å². The van der Waals surface area contributed by atoms with Gasteiger partial charge in [-0.2, -0.15) is 0 Å². The molecule has 0 aromatic carbocycles. The second-order valence-corrected chi connectivity index (χ2v) is 4.61. The Morgan fingerprint density at radius 2 is 2.12 bits per heavy atom. The van der Waals surface area contributed by atoms with Gasteiger partial charge in [0.1, 0.15) is 0 Å². The molecule has 0 aromatic heterocycles. The smallest absolute Gasteiger partial charge is 0.305 e. The summed E-state index contributed by atoms with van der Waals surface area (Å²) in [6.07, 6.45) is 0.803. The van der Waals surface area contributed by atoms with Gasteiger partial charge in [-0.15, -0.1) is 0 Å². The molecule has 2 atom stereocenters. The van der Waals surface area contributed by atoms with Gasteiger partial charge in [0, 0.05) is 19.2 Å². The lowest BCUT2D eigenvalue weighted by atomic mass is 10.2. The lowest BCUT2D eigenvalue weighted by Gasteiger charge is -2.26. The van der Waals surface area contributed by atoms with Crippen LogP contribution in [0.5, 0.6) is 0 Å². The van der Waals surface area contributed by atoms with Gasteiger partial charge in [-0.1, -0.05) is 0 Å². The average molecular weight is 243 g/mol. The first-order valence-corrected chi connectivity index (χ1v) is 6.11. The zero-order chi connectivity index (χ0) is 13.0. The van der Waals surface area contributed by atoms with Gasteiger partial charge in [-0.25, -0.2) is 0 Å². The molecule has 1 N–H and O–H groups in total. The molecule has 2 unspecified atom stereocenters. The highest BCUT2D eigenvalue weighted by Gasteiger charge is 2.46. The Labute approximate surface area is 102 Å². The number of aliphatic carboxylic acids is 1. The summed E-state index contributed by atoms with van der Waals surface area (Å²) >= 11 is 0.